The van der Waals surface area contributed by atoms with Gasteiger partial charge >= 0.3 is 5.97 Å². The van der Waals surface area contributed by atoms with Gasteiger partial charge in [-0.2, -0.15) is 0 Å². The van der Waals surface area contributed by atoms with Crippen LogP contribution in [0.2, 0.25) is 0 Å². The van der Waals surface area contributed by atoms with Crippen LogP contribution in [-0.4, -0.2) is 11.1 Å². The molecule has 0 rings (SSSR count). The summed E-state index contributed by atoms with van der Waals surface area (Å²) >= 11 is 0. The first-order chi connectivity index (χ1) is 6.27. The van der Waals surface area contributed by atoms with Crippen molar-refractivity contribution >= 4 is 5.97 Å². The van der Waals surface area contributed by atoms with E-state index < -0.39 is 5.97 Å². The topological polar surface area (TPSA) is 37.3 Å². The average molecular weight is 182 g/mol. The summed E-state index contributed by atoms with van der Waals surface area (Å²) in [5.74, 6) is -0.761. The molecule has 0 bridgehead atoms. The molecular weight excluding hydrogens is 164 g/mol. The van der Waals surface area contributed by atoms with Crippen molar-refractivity contribution in [3.63, 3.8) is 0 Å². The van der Waals surface area contributed by atoms with Crippen LogP contribution in [0.1, 0.15) is 38.5 Å². The molecule has 0 heterocycles. The maximum atomic E-state index is 10.1. The number of carbonyl (C=O) groups is 1. The molecule has 13 heavy (non-hydrogen) atoms. The lowest BCUT2D eigenvalue weighted by Gasteiger charge is -1.94. The molecule has 0 saturated carbocycles. The Morgan fingerprint density at radius 3 is 2.46 bits per heavy atom. The summed E-state index contributed by atoms with van der Waals surface area (Å²) < 4.78 is 0. The minimum atomic E-state index is -0.761. The van der Waals surface area contributed by atoms with E-state index in [1.165, 1.54) is 12.8 Å². The Morgan fingerprint density at radius 1 is 1.15 bits per heavy atom. The van der Waals surface area contributed by atoms with Crippen molar-refractivity contribution in [1.29, 1.82) is 0 Å². The number of rotatable bonds is 8. The van der Waals surface area contributed by atoms with Crippen LogP contribution in [0.25, 0.3) is 0 Å². The zero-order valence-electron chi connectivity index (χ0n) is 8.04. The van der Waals surface area contributed by atoms with E-state index in [1.807, 2.05) is 12.2 Å². The van der Waals surface area contributed by atoms with E-state index in [0.29, 0.717) is 0 Å². The number of hydrogen-bond donors (Lipinski definition) is 1. The van der Waals surface area contributed by atoms with Crippen molar-refractivity contribution in [3.05, 3.63) is 24.8 Å². The van der Waals surface area contributed by atoms with Gasteiger partial charge in [-0.25, -0.2) is 0 Å². The van der Waals surface area contributed by atoms with E-state index in [4.69, 9.17) is 5.11 Å². The summed E-state index contributed by atoms with van der Waals surface area (Å²) in [6.45, 7) is 3.65. The molecular formula is C11H18O2. The predicted octanol–water partition coefficient (Wildman–Crippen LogP) is 3.15. The first-order valence-electron chi connectivity index (χ1n) is 4.75. The quantitative estimate of drug-likeness (QED) is 0.462. The van der Waals surface area contributed by atoms with Crippen LogP contribution in [0.4, 0.5) is 0 Å². The molecule has 0 aromatic heterocycles. The van der Waals surface area contributed by atoms with E-state index >= 15 is 0 Å². The third-order valence-electron chi connectivity index (χ3n) is 1.74. The zero-order valence-corrected chi connectivity index (χ0v) is 8.04. The van der Waals surface area contributed by atoms with Crippen molar-refractivity contribution in [1.82, 2.24) is 0 Å². The first kappa shape index (κ1) is 11.9. The summed E-state index contributed by atoms with van der Waals surface area (Å²) in [5.41, 5.74) is 0. The second-order valence-electron chi connectivity index (χ2n) is 3.00. The Morgan fingerprint density at radius 2 is 1.85 bits per heavy atom. The maximum absolute atomic E-state index is 10.1. The second-order valence-corrected chi connectivity index (χ2v) is 3.00. The Kier molecular flexibility index (Phi) is 8.31. The average Bonchev–Trinajstić information content (AvgIpc) is 2.09. The van der Waals surface area contributed by atoms with Crippen molar-refractivity contribution in [3.8, 4) is 0 Å². The minimum Gasteiger partial charge on any atom is -0.481 e. The summed E-state index contributed by atoms with van der Waals surface area (Å²) in [7, 11) is 0. The predicted molar refractivity (Wildman–Crippen MR) is 54.7 cm³/mol. The fourth-order valence-corrected chi connectivity index (χ4v) is 1.03. The van der Waals surface area contributed by atoms with Gasteiger partial charge in [-0.05, 0) is 25.7 Å². The van der Waals surface area contributed by atoms with Gasteiger partial charge in [-0.15, -0.1) is 6.58 Å². The van der Waals surface area contributed by atoms with Gasteiger partial charge in [-0.1, -0.05) is 24.6 Å². The van der Waals surface area contributed by atoms with E-state index in [2.05, 4.69) is 6.58 Å². The molecule has 0 aromatic carbocycles. The molecule has 0 atom stereocenters. The van der Waals surface area contributed by atoms with Crippen LogP contribution in [-0.2, 0) is 4.79 Å². The van der Waals surface area contributed by atoms with Crippen LogP contribution in [0.15, 0.2) is 24.8 Å². The van der Waals surface area contributed by atoms with Crippen LogP contribution >= 0.6 is 0 Å². The summed E-state index contributed by atoms with van der Waals surface area (Å²) in [6, 6.07) is 0. The highest BCUT2D eigenvalue weighted by Crippen LogP contribution is 2.03. The first-order valence-corrected chi connectivity index (χ1v) is 4.75. The standard InChI is InChI=1S/C11H18O2/c1-2-3-4-5-6-7-8-9-10-11(12)13/h2,8-9H,1,3-7,10H2,(H,12,13). The van der Waals surface area contributed by atoms with E-state index in [9.17, 15) is 4.79 Å². The van der Waals surface area contributed by atoms with Crippen LogP contribution in [0, 0.1) is 0 Å². The number of carboxylic acids is 1. The van der Waals surface area contributed by atoms with Crippen molar-refractivity contribution in [2.75, 3.05) is 0 Å². The van der Waals surface area contributed by atoms with Crippen molar-refractivity contribution in [2.24, 2.45) is 0 Å². The third kappa shape index (κ3) is 10.9. The van der Waals surface area contributed by atoms with Gasteiger partial charge in [0.2, 0.25) is 0 Å². The Hall–Kier alpha value is -1.05. The second kappa shape index (κ2) is 9.04. The number of aliphatic carboxylic acids is 1. The lowest BCUT2D eigenvalue weighted by Crippen LogP contribution is -1.89. The van der Waals surface area contributed by atoms with Crippen LogP contribution < -0.4 is 0 Å². The van der Waals surface area contributed by atoms with E-state index in [-0.39, 0.29) is 6.42 Å². The summed E-state index contributed by atoms with van der Waals surface area (Å²) in [6.07, 6.45) is 11.3. The van der Waals surface area contributed by atoms with Crippen LogP contribution in [0.5, 0.6) is 0 Å². The third-order valence-corrected chi connectivity index (χ3v) is 1.74. The summed E-state index contributed by atoms with van der Waals surface area (Å²) in [4.78, 5) is 10.1. The largest absolute Gasteiger partial charge is 0.481 e. The minimum absolute atomic E-state index is 0.145. The van der Waals surface area contributed by atoms with Gasteiger partial charge in [-0.3, -0.25) is 4.79 Å². The van der Waals surface area contributed by atoms with Crippen LogP contribution in [0.3, 0.4) is 0 Å². The highest BCUT2D eigenvalue weighted by atomic mass is 16.4. The lowest BCUT2D eigenvalue weighted by atomic mass is 10.1. The fraction of sp³-hybridized carbons (Fsp3) is 0.545. The number of allylic oxidation sites excluding steroid dienone is 2. The van der Waals surface area contributed by atoms with Gasteiger partial charge in [0.15, 0.2) is 0 Å². The molecule has 0 aromatic rings. The molecule has 0 aliphatic carbocycles. The Bertz CT molecular complexity index is 171. The molecule has 0 spiro atoms. The normalized spacial score (nSPS) is 10.5. The molecule has 0 aliphatic heterocycles. The highest BCUT2D eigenvalue weighted by molar-refractivity contribution is 5.68. The van der Waals surface area contributed by atoms with Crippen molar-refractivity contribution < 1.29 is 9.90 Å². The molecule has 0 radical (unpaired) electrons. The molecule has 0 saturated heterocycles. The fourth-order valence-electron chi connectivity index (χ4n) is 1.03. The lowest BCUT2D eigenvalue weighted by molar-refractivity contribution is -0.136. The monoisotopic (exact) mass is 182 g/mol. The van der Waals surface area contributed by atoms with Gasteiger partial charge in [0, 0.05) is 0 Å². The maximum Gasteiger partial charge on any atom is 0.307 e. The number of carboxylic acid groups (broad SMARTS) is 1. The Balaban J connectivity index is 3.10. The molecule has 0 unspecified atom stereocenters. The zero-order chi connectivity index (χ0) is 9.94. The smallest absolute Gasteiger partial charge is 0.307 e. The molecule has 2 heteroatoms. The van der Waals surface area contributed by atoms with E-state index in [0.717, 1.165) is 19.3 Å². The van der Waals surface area contributed by atoms with Gasteiger partial charge in [0.25, 0.3) is 0 Å². The Labute approximate surface area is 80.0 Å². The van der Waals surface area contributed by atoms with Gasteiger partial charge < -0.3 is 5.11 Å². The van der Waals surface area contributed by atoms with Gasteiger partial charge in [0.05, 0.1) is 6.42 Å². The SMILES string of the molecule is C=CCCCCCC=CCC(=O)O. The molecule has 1 N–H and O–H groups in total. The molecule has 2 nitrogen and oxygen atoms in total. The number of unbranched alkanes of at least 4 members (excludes halogenated alkanes) is 4. The number of hydrogen-bond acceptors (Lipinski definition) is 1. The van der Waals surface area contributed by atoms with Gasteiger partial charge in [0.1, 0.15) is 0 Å². The van der Waals surface area contributed by atoms with E-state index in [1.54, 1.807) is 6.08 Å². The van der Waals surface area contributed by atoms with Crippen molar-refractivity contribution in [2.45, 2.75) is 38.5 Å². The molecule has 0 amide bonds. The molecule has 0 fully saturated rings. The molecule has 0 aliphatic rings. The summed E-state index contributed by atoms with van der Waals surface area (Å²) in [5, 5.41) is 8.32. The highest BCUT2D eigenvalue weighted by Gasteiger charge is 1.89. The molecule has 74 valence electrons.